The third-order valence-electron chi connectivity index (χ3n) is 6.90. The summed E-state index contributed by atoms with van der Waals surface area (Å²) in [6, 6.07) is 32.4. The first kappa shape index (κ1) is 22.9. The number of allylic oxidation sites excluding steroid dienone is 4. The van der Waals surface area contributed by atoms with Crippen LogP contribution in [0, 0.1) is 0 Å². The Morgan fingerprint density at radius 3 is 2.05 bits per heavy atom. The molecule has 5 heteroatoms. The predicted octanol–water partition coefficient (Wildman–Crippen LogP) is 8.38. The van der Waals surface area contributed by atoms with Crippen molar-refractivity contribution in [3.63, 3.8) is 0 Å². The van der Waals surface area contributed by atoms with Crippen molar-refractivity contribution in [3.8, 4) is 22.8 Å². The Kier molecular flexibility index (Phi) is 5.60. The van der Waals surface area contributed by atoms with E-state index in [0.29, 0.717) is 24.1 Å². The van der Waals surface area contributed by atoms with E-state index in [9.17, 15) is 0 Å². The second kappa shape index (κ2) is 9.54. The Balaban J connectivity index is 1.49. The summed E-state index contributed by atoms with van der Waals surface area (Å²) in [5.74, 6) is 1.79. The Morgan fingerprint density at radius 2 is 1.33 bits per heavy atom. The van der Waals surface area contributed by atoms with Crippen molar-refractivity contribution in [1.29, 1.82) is 0 Å². The van der Waals surface area contributed by atoms with E-state index >= 15 is 0 Å². The average Bonchev–Trinajstić information content (AvgIpc) is 3.40. The van der Waals surface area contributed by atoms with Gasteiger partial charge in [-0.2, -0.15) is 9.97 Å². The summed E-state index contributed by atoms with van der Waals surface area (Å²) in [6.07, 6.45) is 8.14. The van der Waals surface area contributed by atoms with Crippen LogP contribution in [-0.4, -0.2) is 21.5 Å². The van der Waals surface area contributed by atoms with Crippen LogP contribution in [0.25, 0.3) is 50.3 Å². The number of hydrogen-bond acceptors (Lipinski definition) is 5. The van der Waals surface area contributed by atoms with Gasteiger partial charge in [-0.1, -0.05) is 110 Å². The van der Waals surface area contributed by atoms with Crippen LogP contribution >= 0.6 is 0 Å². The predicted molar refractivity (Wildman–Crippen MR) is 159 cm³/mol. The van der Waals surface area contributed by atoms with Crippen LogP contribution < -0.4 is 4.90 Å². The number of rotatable bonds is 3. The van der Waals surface area contributed by atoms with Crippen LogP contribution in [-0.2, 0) is 0 Å². The molecule has 0 radical (unpaired) electrons. The number of hydrogen-bond donors (Lipinski definition) is 0. The van der Waals surface area contributed by atoms with Gasteiger partial charge in [-0.25, -0.2) is 4.98 Å². The molecule has 5 nitrogen and oxygen atoms in total. The van der Waals surface area contributed by atoms with Gasteiger partial charge < -0.3 is 9.32 Å². The van der Waals surface area contributed by atoms with Crippen molar-refractivity contribution in [2.24, 2.45) is 0 Å². The van der Waals surface area contributed by atoms with Crippen LogP contribution in [0.15, 0.2) is 132 Å². The molecule has 186 valence electrons. The summed E-state index contributed by atoms with van der Waals surface area (Å²) in [6.45, 7) is 4.98. The molecule has 0 saturated heterocycles. The minimum absolute atomic E-state index is 0.554. The summed E-state index contributed by atoms with van der Waals surface area (Å²) < 4.78 is 6.43. The first-order chi connectivity index (χ1) is 19.3. The highest BCUT2D eigenvalue weighted by Crippen LogP contribution is 2.41. The van der Waals surface area contributed by atoms with E-state index in [-0.39, 0.29) is 0 Å². The Labute approximate surface area is 226 Å². The second-order valence-corrected chi connectivity index (χ2v) is 9.37. The van der Waals surface area contributed by atoms with Crippen molar-refractivity contribution in [2.75, 3.05) is 11.4 Å². The van der Waals surface area contributed by atoms with E-state index < -0.39 is 0 Å². The summed E-state index contributed by atoms with van der Waals surface area (Å²) in [5, 5.41) is 2.13. The Bertz CT molecular complexity index is 1840. The monoisotopic (exact) mass is 504 g/mol. The van der Waals surface area contributed by atoms with Gasteiger partial charge in [0.1, 0.15) is 11.2 Å². The van der Waals surface area contributed by atoms with Crippen LogP contribution in [0.1, 0.15) is 5.56 Å². The van der Waals surface area contributed by atoms with Crippen molar-refractivity contribution >= 4 is 39.1 Å². The molecule has 0 bridgehead atoms. The summed E-state index contributed by atoms with van der Waals surface area (Å²) in [7, 11) is 0. The zero-order chi connectivity index (χ0) is 26.2. The highest BCUT2D eigenvalue weighted by atomic mass is 16.3. The highest BCUT2D eigenvalue weighted by molar-refractivity contribution is 6.11. The molecule has 0 saturated carbocycles. The van der Waals surface area contributed by atoms with Gasteiger partial charge in [-0.05, 0) is 23.8 Å². The lowest BCUT2D eigenvalue weighted by atomic mass is 10.00. The molecule has 0 atom stereocenters. The molecule has 6 aromatic rings. The molecule has 1 aliphatic heterocycles. The van der Waals surface area contributed by atoms with Crippen molar-refractivity contribution in [1.82, 2.24) is 15.0 Å². The van der Waals surface area contributed by atoms with Crippen molar-refractivity contribution < 1.29 is 4.42 Å². The average molecular weight is 505 g/mol. The highest BCUT2D eigenvalue weighted by Gasteiger charge is 2.23. The molecule has 0 N–H and O–H groups in total. The number of fused-ring (bicyclic) bond motifs is 5. The lowest BCUT2D eigenvalue weighted by Crippen LogP contribution is -2.22. The second-order valence-electron chi connectivity index (χ2n) is 9.37. The number of para-hydroxylation sites is 1. The normalized spacial score (nSPS) is 15.0. The fraction of sp³-hybridized carbons (Fsp3) is 0.0294. The fourth-order valence-electron chi connectivity index (χ4n) is 5.02. The van der Waals surface area contributed by atoms with Crippen LogP contribution in [0.4, 0.5) is 11.6 Å². The topological polar surface area (TPSA) is 55.1 Å². The molecule has 2 aromatic heterocycles. The maximum atomic E-state index is 6.43. The van der Waals surface area contributed by atoms with E-state index in [1.54, 1.807) is 0 Å². The van der Waals surface area contributed by atoms with E-state index in [2.05, 4.69) is 35.8 Å². The maximum absolute atomic E-state index is 6.43. The molecular weight excluding hydrogens is 480 g/mol. The molecule has 0 spiro atoms. The molecule has 1 aliphatic rings. The molecule has 3 heterocycles. The summed E-state index contributed by atoms with van der Waals surface area (Å²) in [4.78, 5) is 17.0. The molecule has 7 rings (SSSR count). The standard InChI is InChI=1S/C34H24N4O/c1-23-13-5-4-12-22-38(28-21-20-27-26-18-10-11-19-29(26)39-31(27)30(23)28)34-36-32(24-14-6-2-7-15-24)35-33(37-34)25-16-8-3-9-17-25/h2-21H,1,22H2/b12-4-,13-5-. The largest absolute Gasteiger partial charge is 0.455 e. The first-order valence-electron chi connectivity index (χ1n) is 12.9. The van der Waals surface area contributed by atoms with E-state index in [1.807, 2.05) is 97.1 Å². The minimum atomic E-state index is 0.554. The quantitative estimate of drug-likeness (QED) is 0.242. The molecule has 4 aromatic carbocycles. The first-order valence-corrected chi connectivity index (χ1v) is 12.9. The van der Waals surface area contributed by atoms with Gasteiger partial charge >= 0.3 is 0 Å². The fourth-order valence-corrected chi connectivity index (χ4v) is 5.02. The van der Waals surface area contributed by atoms with Crippen LogP contribution in [0.5, 0.6) is 0 Å². The lowest BCUT2D eigenvalue weighted by molar-refractivity contribution is 0.667. The van der Waals surface area contributed by atoms with E-state index in [4.69, 9.17) is 19.4 Å². The number of benzene rings is 4. The number of aromatic nitrogens is 3. The molecule has 0 fully saturated rings. The number of anilines is 2. The van der Waals surface area contributed by atoms with E-state index in [0.717, 1.165) is 49.9 Å². The Morgan fingerprint density at radius 1 is 0.667 bits per heavy atom. The van der Waals surface area contributed by atoms with Gasteiger partial charge in [-0.15, -0.1) is 0 Å². The number of furan rings is 1. The smallest absolute Gasteiger partial charge is 0.234 e. The number of nitrogens with zero attached hydrogens (tertiary/aromatic N) is 4. The third-order valence-corrected chi connectivity index (χ3v) is 6.90. The van der Waals surface area contributed by atoms with Crippen LogP contribution in [0.2, 0.25) is 0 Å². The molecular formula is C34H24N4O. The molecule has 0 aliphatic carbocycles. The molecule has 0 unspecified atom stereocenters. The van der Waals surface area contributed by atoms with Gasteiger partial charge in [-0.3, -0.25) is 0 Å². The van der Waals surface area contributed by atoms with Gasteiger partial charge in [0.2, 0.25) is 5.95 Å². The Hall–Kier alpha value is -5.29. The summed E-state index contributed by atoms with van der Waals surface area (Å²) >= 11 is 0. The lowest BCUT2D eigenvalue weighted by Gasteiger charge is -2.25. The van der Waals surface area contributed by atoms with Crippen molar-refractivity contribution in [3.05, 3.63) is 134 Å². The van der Waals surface area contributed by atoms with E-state index in [1.165, 1.54) is 0 Å². The van der Waals surface area contributed by atoms with Crippen molar-refractivity contribution in [2.45, 2.75) is 0 Å². The van der Waals surface area contributed by atoms with Gasteiger partial charge in [0.15, 0.2) is 11.6 Å². The zero-order valence-electron chi connectivity index (χ0n) is 21.2. The van der Waals surface area contributed by atoms with Gasteiger partial charge in [0, 0.05) is 34.0 Å². The molecule has 0 amide bonds. The summed E-state index contributed by atoms with van der Waals surface area (Å²) in [5.41, 5.74) is 6.20. The SMILES string of the molecule is C=C1/C=C\C=C/CN(c2nc(-c3ccccc3)nc(-c3ccccc3)n2)c2ccc3c(oc4ccccc43)c21. The maximum Gasteiger partial charge on any atom is 0.234 e. The third kappa shape index (κ3) is 4.10. The minimum Gasteiger partial charge on any atom is -0.455 e. The zero-order valence-corrected chi connectivity index (χ0v) is 21.2. The van der Waals surface area contributed by atoms with Gasteiger partial charge in [0.05, 0.1) is 5.69 Å². The molecule has 39 heavy (non-hydrogen) atoms. The van der Waals surface area contributed by atoms with Gasteiger partial charge in [0.25, 0.3) is 0 Å². The van der Waals surface area contributed by atoms with Crippen LogP contribution in [0.3, 0.4) is 0 Å².